The molecule has 64 valence electrons. The summed E-state index contributed by atoms with van der Waals surface area (Å²) in [6.45, 7) is 0. The minimum Gasteiger partial charge on any atom is -0.264 e. The highest BCUT2D eigenvalue weighted by atomic mass is 19.1. The first kappa shape index (κ1) is 7.86. The Hall–Kier alpha value is -1.77. The van der Waals surface area contributed by atoms with Crippen LogP contribution in [0.5, 0.6) is 0 Å². The van der Waals surface area contributed by atoms with Crippen LogP contribution in [0.4, 0.5) is 4.39 Å². The normalized spacial score (nSPS) is 9.92. The van der Waals surface area contributed by atoms with E-state index >= 15 is 0 Å². The van der Waals surface area contributed by atoms with Gasteiger partial charge in [-0.3, -0.25) is 9.97 Å². The van der Waals surface area contributed by atoms with Gasteiger partial charge in [0, 0.05) is 18.0 Å². The smallest absolute Gasteiger partial charge is 0.141 e. The van der Waals surface area contributed by atoms with Gasteiger partial charge < -0.3 is 0 Å². The topological polar surface area (TPSA) is 25.8 Å². The molecule has 0 aromatic carbocycles. The van der Waals surface area contributed by atoms with E-state index in [1.165, 1.54) is 12.3 Å². The lowest BCUT2D eigenvalue weighted by Gasteiger charge is -1.97. The SMILES string of the molecule is Fc1ccc(-c2cccnc2)nc1. The Bertz CT molecular complexity index is 383. The monoisotopic (exact) mass is 174 g/mol. The number of halogens is 1. The van der Waals surface area contributed by atoms with E-state index in [4.69, 9.17) is 0 Å². The summed E-state index contributed by atoms with van der Waals surface area (Å²) in [5, 5.41) is 0. The molecule has 2 rings (SSSR count). The lowest BCUT2D eigenvalue weighted by Crippen LogP contribution is -1.84. The first-order valence-corrected chi connectivity index (χ1v) is 3.88. The third-order valence-electron chi connectivity index (χ3n) is 1.68. The largest absolute Gasteiger partial charge is 0.264 e. The van der Waals surface area contributed by atoms with E-state index in [9.17, 15) is 4.39 Å². The third-order valence-corrected chi connectivity index (χ3v) is 1.68. The summed E-state index contributed by atoms with van der Waals surface area (Å²) >= 11 is 0. The Morgan fingerprint density at radius 3 is 2.62 bits per heavy atom. The lowest BCUT2D eigenvalue weighted by molar-refractivity contribution is 0.622. The van der Waals surface area contributed by atoms with Crippen molar-refractivity contribution < 1.29 is 4.39 Å². The van der Waals surface area contributed by atoms with Crippen LogP contribution in [0.15, 0.2) is 42.9 Å². The van der Waals surface area contributed by atoms with Crippen LogP contribution in [0.3, 0.4) is 0 Å². The fourth-order valence-corrected chi connectivity index (χ4v) is 1.06. The Morgan fingerprint density at radius 1 is 1.08 bits per heavy atom. The number of aromatic nitrogens is 2. The van der Waals surface area contributed by atoms with Crippen molar-refractivity contribution in [3.63, 3.8) is 0 Å². The van der Waals surface area contributed by atoms with Crippen LogP contribution in [0, 0.1) is 5.82 Å². The third kappa shape index (κ3) is 1.69. The zero-order valence-electron chi connectivity index (χ0n) is 6.81. The van der Waals surface area contributed by atoms with Crippen molar-refractivity contribution in [2.45, 2.75) is 0 Å². The molecule has 0 saturated carbocycles. The van der Waals surface area contributed by atoms with Crippen LogP contribution >= 0.6 is 0 Å². The van der Waals surface area contributed by atoms with Gasteiger partial charge in [0.1, 0.15) is 5.82 Å². The molecule has 0 aliphatic rings. The van der Waals surface area contributed by atoms with Crippen LogP contribution in [-0.4, -0.2) is 9.97 Å². The molecule has 0 aliphatic heterocycles. The van der Waals surface area contributed by atoms with Crippen LogP contribution in [0.1, 0.15) is 0 Å². The molecule has 0 saturated heterocycles. The summed E-state index contributed by atoms with van der Waals surface area (Å²) in [6, 6.07) is 6.72. The van der Waals surface area contributed by atoms with Gasteiger partial charge in [0.05, 0.1) is 11.9 Å². The predicted octanol–water partition coefficient (Wildman–Crippen LogP) is 2.28. The summed E-state index contributed by atoms with van der Waals surface area (Å²) < 4.78 is 12.5. The molecule has 3 heteroatoms. The van der Waals surface area contributed by atoms with Gasteiger partial charge in [-0.25, -0.2) is 4.39 Å². The number of pyridine rings is 2. The highest BCUT2D eigenvalue weighted by Crippen LogP contribution is 2.14. The molecule has 2 aromatic heterocycles. The zero-order valence-corrected chi connectivity index (χ0v) is 6.81. The summed E-state index contributed by atoms with van der Waals surface area (Å²) in [5.74, 6) is -0.326. The molecule has 0 fully saturated rings. The molecule has 0 N–H and O–H groups in total. The van der Waals surface area contributed by atoms with Crippen molar-refractivity contribution in [2.75, 3.05) is 0 Å². The Balaban J connectivity index is 2.42. The van der Waals surface area contributed by atoms with Gasteiger partial charge in [0.25, 0.3) is 0 Å². The van der Waals surface area contributed by atoms with Crippen molar-refractivity contribution in [2.24, 2.45) is 0 Å². The van der Waals surface area contributed by atoms with Crippen molar-refractivity contribution in [1.29, 1.82) is 0 Å². The second-order valence-corrected chi connectivity index (χ2v) is 2.60. The fraction of sp³-hybridized carbons (Fsp3) is 0. The van der Waals surface area contributed by atoms with E-state index < -0.39 is 0 Å². The molecule has 0 unspecified atom stereocenters. The predicted molar refractivity (Wildman–Crippen MR) is 47.4 cm³/mol. The molecular formula is C10H7FN2. The van der Waals surface area contributed by atoms with Gasteiger partial charge in [-0.2, -0.15) is 0 Å². The number of hydrogen-bond donors (Lipinski definition) is 0. The molecule has 0 amide bonds. The van der Waals surface area contributed by atoms with Crippen LogP contribution in [-0.2, 0) is 0 Å². The van der Waals surface area contributed by atoms with Gasteiger partial charge in [0.2, 0.25) is 0 Å². The molecule has 2 aromatic rings. The summed E-state index contributed by atoms with van der Waals surface area (Å²) in [4.78, 5) is 7.88. The molecule has 0 spiro atoms. The maximum absolute atomic E-state index is 12.5. The molecule has 2 nitrogen and oxygen atoms in total. The van der Waals surface area contributed by atoms with E-state index in [0.29, 0.717) is 0 Å². The first-order valence-electron chi connectivity index (χ1n) is 3.88. The maximum Gasteiger partial charge on any atom is 0.141 e. The van der Waals surface area contributed by atoms with Gasteiger partial charge in [-0.05, 0) is 24.3 Å². The van der Waals surface area contributed by atoms with Crippen LogP contribution in [0.25, 0.3) is 11.3 Å². The highest BCUT2D eigenvalue weighted by Gasteiger charge is 1.97. The van der Waals surface area contributed by atoms with Crippen LogP contribution in [0.2, 0.25) is 0 Å². The minimum absolute atomic E-state index is 0.326. The lowest BCUT2D eigenvalue weighted by atomic mass is 10.2. The quantitative estimate of drug-likeness (QED) is 0.662. The average Bonchev–Trinajstić information content (AvgIpc) is 2.20. The molecule has 0 aliphatic carbocycles. The van der Waals surface area contributed by atoms with Gasteiger partial charge >= 0.3 is 0 Å². The van der Waals surface area contributed by atoms with E-state index in [1.807, 2.05) is 12.1 Å². The van der Waals surface area contributed by atoms with E-state index in [-0.39, 0.29) is 5.82 Å². The fourth-order valence-electron chi connectivity index (χ4n) is 1.06. The van der Waals surface area contributed by atoms with Crippen molar-refractivity contribution in [3.05, 3.63) is 48.7 Å². The van der Waals surface area contributed by atoms with Crippen molar-refractivity contribution in [3.8, 4) is 11.3 Å². The van der Waals surface area contributed by atoms with Gasteiger partial charge in [0.15, 0.2) is 0 Å². The average molecular weight is 174 g/mol. The van der Waals surface area contributed by atoms with Gasteiger partial charge in [-0.15, -0.1) is 0 Å². The van der Waals surface area contributed by atoms with E-state index in [2.05, 4.69) is 9.97 Å². The molecule has 0 atom stereocenters. The Morgan fingerprint density at radius 2 is 2.00 bits per heavy atom. The summed E-state index contributed by atoms with van der Waals surface area (Å²) in [5.41, 5.74) is 1.62. The second kappa shape index (κ2) is 3.31. The number of nitrogens with zero attached hydrogens (tertiary/aromatic N) is 2. The first-order chi connectivity index (χ1) is 6.36. The molecule has 0 radical (unpaired) electrons. The standard InChI is InChI=1S/C10H7FN2/c11-9-3-4-10(13-7-9)8-2-1-5-12-6-8/h1-7H. The Labute approximate surface area is 75.1 Å². The Kier molecular flexibility index (Phi) is 2.00. The number of hydrogen-bond acceptors (Lipinski definition) is 2. The summed E-state index contributed by atoms with van der Waals surface area (Å²) in [7, 11) is 0. The zero-order chi connectivity index (χ0) is 9.10. The van der Waals surface area contributed by atoms with Crippen molar-refractivity contribution >= 4 is 0 Å². The molecular weight excluding hydrogens is 167 g/mol. The summed E-state index contributed by atoms with van der Waals surface area (Å²) in [6.07, 6.45) is 4.58. The van der Waals surface area contributed by atoms with E-state index in [1.54, 1.807) is 18.5 Å². The maximum atomic E-state index is 12.5. The van der Waals surface area contributed by atoms with E-state index in [0.717, 1.165) is 11.3 Å². The minimum atomic E-state index is -0.326. The van der Waals surface area contributed by atoms with Gasteiger partial charge in [-0.1, -0.05) is 0 Å². The highest BCUT2D eigenvalue weighted by molar-refractivity contribution is 5.56. The number of rotatable bonds is 1. The molecule has 0 bridgehead atoms. The van der Waals surface area contributed by atoms with Crippen LogP contribution < -0.4 is 0 Å². The molecule has 13 heavy (non-hydrogen) atoms. The van der Waals surface area contributed by atoms with Crippen molar-refractivity contribution in [1.82, 2.24) is 9.97 Å². The second-order valence-electron chi connectivity index (χ2n) is 2.60. The molecule has 2 heterocycles.